The van der Waals surface area contributed by atoms with Crippen LogP contribution >= 0.6 is 0 Å². The summed E-state index contributed by atoms with van der Waals surface area (Å²) < 4.78 is 0. The summed E-state index contributed by atoms with van der Waals surface area (Å²) >= 11 is 0. The molecule has 1 aliphatic heterocycles. The van der Waals surface area contributed by atoms with Gasteiger partial charge in [-0.1, -0.05) is 6.92 Å². The van der Waals surface area contributed by atoms with E-state index in [2.05, 4.69) is 15.6 Å². The van der Waals surface area contributed by atoms with E-state index in [0.717, 1.165) is 25.0 Å². The van der Waals surface area contributed by atoms with Gasteiger partial charge in [-0.05, 0) is 38.3 Å². The van der Waals surface area contributed by atoms with Crippen LogP contribution in [0, 0.1) is 0 Å². The van der Waals surface area contributed by atoms with Crippen LogP contribution in [0.2, 0.25) is 0 Å². The fraction of sp³-hybridized carbons (Fsp3) is 0.600. The minimum Gasteiger partial charge on any atom is -0.354 e. The lowest BCUT2D eigenvalue weighted by atomic mass is 10.1. The van der Waals surface area contributed by atoms with Gasteiger partial charge in [-0.15, -0.1) is 0 Å². The van der Waals surface area contributed by atoms with Crippen LogP contribution in [0.15, 0.2) is 12.1 Å². The standard InChI is InChI=1S/C15H24N4O2/c1-3-11-5-6-13(17-11)14(20)18-12-7-9-19(10-8-12)15(21)16-4-2/h5-6,12,17H,3-4,7-10H2,1-2H3,(H,16,21)(H,18,20). The molecule has 6 heteroatoms. The highest BCUT2D eigenvalue weighted by Gasteiger charge is 2.24. The van der Waals surface area contributed by atoms with Crippen molar-refractivity contribution < 1.29 is 9.59 Å². The molecule has 1 aliphatic rings. The van der Waals surface area contributed by atoms with Crippen molar-refractivity contribution in [1.29, 1.82) is 0 Å². The van der Waals surface area contributed by atoms with E-state index in [1.807, 2.05) is 26.0 Å². The van der Waals surface area contributed by atoms with Crippen molar-refractivity contribution in [3.63, 3.8) is 0 Å². The van der Waals surface area contributed by atoms with Gasteiger partial charge in [0.2, 0.25) is 0 Å². The Morgan fingerprint density at radius 2 is 2.00 bits per heavy atom. The van der Waals surface area contributed by atoms with Gasteiger partial charge in [-0.2, -0.15) is 0 Å². The third-order valence-electron chi connectivity index (χ3n) is 3.82. The number of hydrogen-bond acceptors (Lipinski definition) is 2. The molecule has 0 saturated carbocycles. The highest BCUT2D eigenvalue weighted by Crippen LogP contribution is 2.11. The van der Waals surface area contributed by atoms with Crippen molar-refractivity contribution in [2.45, 2.75) is 39.2 Å². The number of aromatic nitrogens is 1. The van der Waals surface area contributed by atoms with Gasteiger partial charge in [-0.25, -0.2) is 4.79 Å². The molecule has 6 nitrogen and oxygen atoms in total. The maximum absolute atomic E-state index is 12.1. The summed E-state index contributed by atoms with van der Waals surface area (Å²) in [5, 5.41) is 5.84. The number of nitrogens with one attached hydrogen (secondary N) is 3. The lowest BCUT2D eigenvalue weighted by molar-refractivity contribution is 0.0913. The molecular formula is C15H24N4O2. The van der Waals surface area contributed by atoms with Crippen LogP contribution in [-0.2, 0) is 6.42 Å². The molecule has 0 spiro atoms. The zero-order chi connectivity index (χ0) is 15.2. The molecule has 1 aromatic rings. The van der Waals surface area contributed by atoms with E-state index in [1.54, 1.807) is 4.90 Å². The molecule has 0 atom stereocenters. The second-order valence-corrected chi connectivity index (χ2v) is 5.32. The fourth-order valence-corrected chi connectivity index (χ4v) is 2.53. The molecule has 0 aliphatic carbocycles. The molecule has 21 heavy (non-hydrogen) atoms. The number of aromatic amines is 1. The number of rotatable bonds is 4. The number of H-pyrrole nitrogens is 1. The summed E-state index contributed by atoms with van der Waals surface area (Å²) in [7, 11) is 0. The predicted molar refractivity (Wildman–Crippen MR) is 81.3 cm³/mol. The summed E-state index contributed by atoms with van der Waals surface area (Å²) in [4.78, 5) is 28.7. The SMILES string of the molecule is CCNC(=O)N1CCC(NC(=O)c2ccc(CC)[nH]2)CC1. The molecule has 2 rings (SSSR count). The predicted octanol–water partition coefficient (Wildman–Crippen LogP) is 1.50. The van der Waals surface area contributed by atoms with Gasteiger partial charge >= 0.3 is 6.03 Å². The number of likely N-dealkylation sites (tertiary alicyclic amines) is 1. The summed E-state index contributed by atoms with van der Waals surface area (Å²) in [6.07, 6.45) is 2.48. The molecule has 1 saturated heterocycles. The van der Waals surface area contributed by atoms with Gasteiger partial charge in [0.15, 0.2) is 0 Å². The lowest BCUT2D eigenvalue weighted by Crippen LogP contribution is -2.49. The van der Waals surface area contributed by atoms with Crippen molar-refractivity contribution in [3.05, 3.63) is 23.5 Å². The Morgan fingerprint density at radius 1 is 1.29 bits per heavy atom. The quantitative estimate of drug-likeness (QED) is 0.786. The zero-order valence-electron chi connectivity index (χ0n) is 12.7. The topological polar surface area (TPSA) is 77.2 Å². The normalized spacial score (nSPS) is 15.8. The Balaban J connectivity index is 1.80. The van der Waals surface area contributed by atoms with Crippen molar-refractivity contribution in [2.75, 3.05) is 19.6 Å². The Bertz CT molecular complexity index is 490. The molecule has 0 radical (unpaired) electrons. The molecule has 1 fully saturated rings. The van der Waals surface area contributed by atoms with E-state index >= 15 is 0 Å². The van der Waals surface area contributed by atoms with E-state index < -0.39 is 0 Å². The average molecular weight is 292 g/mol. The fourth-order valence-electron chi connectivity index (χ4n) is 2.53. The molecule has 2 heterocycles. The summed E-state index contributed by atoms with van der Waals surface area (Å²) in [6.45, 7) is 5.96. The molecule has 116 valence electrons. The van der Waals surface area contributed by atoms with E-state index in [1.165, 1.54) is 0 Å². The maximum atomic E-state index is 12.1. The van der Waals surface area contributed by atoms with Crippen LogP contribution in [0.25, 0.3) is 0 Å². The Hall–Kier alpha value is -1.98. The molecule has 0 unspecified atom stereocenters. The van der Waals surface area contributed by atoms with Gasteiger partial charge in [0.25, 0.3) is 5.91 Å². The summed E-state index contributed by atoms with van der Waals surface area (Å²) in [6, 6.07) is 3.88. The van der Waals surface area contributed by atoms with Gasteiger partial charge in [0.05, 0.1) is 0 Å². The van der Waals surface area contributed by atoms with Crippen LogP contribution in [0.5, 0.6) is 0 Å². The van der Waals surface area contributed by atoms with Gasteiger partial charge in [0.1, 0.15) is 5.69 Å². The van der Waals surface area contributed by atoms with Crippen LogP contribution in [0.4, 0.5) is 4.79 Å². The smallest absolute Gasteiger partial charge is 0.317 e. The number of nitrogens with zero attached hydrogens (tertiary/aromatic N) is 1. The number of amides is 3. The van der Waals surface area contributed by atoms with Crippen molar-refractivity contribution >= 4 is 11.9 Å². The van der Waals surface area contributed by atoms with Gasteiger partial charge < -0.3 is 20.5 Å². The van der Waals surface area contributed by atoms with Gasteiger partial charge in [0, 0.05) is 31.4 Å². The minimum atomic E-state index is -0.0637. The van der Waals surface area contributed by atoms with Crippen molar-refractivity contribution in [1.82, 2.24) is 20.5 Å². The minimum absolute atomic E-state index is 0.0146. The van der Waals surface area contributed by atoms with Crippen LogP contribution in [-0.4, -0.2) is 47.5 Å². The molecule has 3 amide bonds. The lowest BCUT2D eigenvalue weighted by Gasteiger charge is -2.32. The largest absolute Gasteiger partial charge is 0.354 e. The van der Waals surface area contributed by atoms with Crippen LogP contribution in [0.3, 0.4) is 0 Å². The van der Waals surface area contributed by atoms with Crippen LogP contribution < -0.4 is 10.6 Å². The Morgan fingerprint density at radius 3 is 2.57 bits per heavy atom. The second kappa shape index (κ2) is 7.15. The second-order valence-electron chi connectivity index (χ2n) is 5.32. The third-order valence-corrected chi connectivity index (χ3v) is 3.82. The van der Waals surface area contributed by atoms with Crippen molar-refractivity contribution in [3.8, 4) is 0 Å². The highest BCUT2D eigenvalue weighted by atomic mass is 16.2. The van der Waals surface area contributed by atoms with E-state index in [-0.39, 0.29) is 18.0 Å². The number of hydrogen-bond donors (Lipinski definition) is 3. The van der Waals surface area contributed by atoms with E-state index in [0.29, 0.717) is 25.3 Å². The van der Waals surface area contributed by atoms with E-state index in [9.17, 15) is 9.59 Å². The zero-order valence-corrected chi connectivity index (χ0v) is 12.7. The Labute approximate surface area is 125 Å². The third kappa shape index (κ3) is 4.00. The summed E-state index contributed by atoms with van der Waals surface area (Å²) in [5.74, 6) is -0.0637. The monoisotopic (exact) mass is 292 g/mol. The number of aryl methyl sites for hydroxylation is 1. The number of carbonyl (C=O) groups excluding carboxylic acids is 2. The first-order chi connectivity index (χ1) is 10.1. The number of piperidine rings is 1. The maximum Gasteiger partial charge on any atom is 0.317 e. The molecule has 3 N–H and O–H groups in total. The summed E-state index contributed by atoms with van der Waals surface area (Å²) in [5.41, 5.74) is 1.67. The Kier molecular flexibility index (Phi) is 5.25. The number of urea groups is 1. The first kappa shape index (κ1) is 15.4. The van der Waals surface area contributed by atoms with Crippen molar-refractivity contribution in [2.24, 2.45) is 0 Å². The average Bonchev–Trinajstić information content (AvgIpc) is 2.97. The molecular weight excluding hydrogens is 268 g/mol. The van der Waals surface area contributed by atoms with E-state index in [4.69, 9.17) is 0 Å². The highest BCUT2D eigenvalue weighted by molar-refractivity contribution is 5.92. The molecule has 0 aromatic carbocycles. The number of carbonyl (C=O) groups is 2. The van der Waals surface area contributed by atoms with Crippen LogP contribution in [0.1, 0.15) is 42.9 Å². The molecule has 1 aromatic heterocycles. The molecule has 0 bridgehead atoms. The first-order valence-electron chi connectivity index (χ1n) is 7.65. The van der Waals surface area contributed by atoms with Gasteiger partial charge in [-0.3, -0.25) is 4.79 Å². The first-order valence-corrected chi connectivity index (χ1v) is 7.65.